The Morgan fingerprint density at radius 2 is 1.62 bits per heavy atom. The van der Waals surface area contributed by atoms with E-state index in [1.807, 2.05) is 60.7 Å². The Morgan fingerprint density at radius 3 is 2.38 bits per heavy atom. The number of nitrogens with zero attached hydrogens (tertiary/aromatic N) is 9. The maximum absolute atomic E-state index is 14.1. The van der Waals surface area contributed by atoms with Crippen LogP contribution in [0.5, 0.6) is 0 Å². The van der Waals surface area contributed by atoms with E-state index in [0.29, 0.717) is 34.6 Å². The van der Waals surface area contributed by atoms with E-state index in [0.717, 1.165) is 91.3 Å². The Labute approximate surface area is 339 Å². The number of amides is 1. The summed E-state index contributed by atoms with van der Waals surface area (Å²) in [6, 6.07) is 10.9. The number of nitrogens with two attached hydrogens (primary N) is 1. The Morgan fingerprint density at radius 1 is 0.946 bits per heavy atom. The molecule has 3 aliphatic rings. The van der Waals surface area contributed by atoms with Crippen LogP contribution in [-0.4, -0.2) is 75.6 Å². The maximum atomic E-state index is 14.1. The van der Waals surface area contributed by atoms with Crippen molar-refractivity contribution in [2.45, 2.75) is 89.4 Å². The SMILES string of the molecule is C[C@@H](N)CCc1ncc(F)cc1C1CCCN1c1ccc2[nH]cnc2n1.C[C@@H]1CCc2ncc(F)cc2C2CCCN2c2ccc3ncn(c3n2)C(=O)N1.[2H]CI. The van der Waals surface area contributed by atoms with Gasteiger partial charge in [-0.2, -0.15) is 0 Å². The predicted octanol–water partition coefficient (Wildman–Crippen LogP) is 7.36. The summed E-state index contributed by atoms with van der Waals surface area (Å²) in [5, 5.41) is 2.99. The van der Waals surface area contributed by atoms with Crippen LogP contribution in [0, 0.1) is 11.6 Å². The van der Waals surface area contributed by atoms with E-state index in [9.17, 15) is 13.6 Å². The standard InChI is InChI=1S/C20H21FN6O.C19H23FN6.CH3I/c1-12-4-5-15-14(9-13(21)10-22-15)17-3-2-8-26(17)18-7-6-16-19(25-18)27(11-23-16)20(28)24-12;1-12(21)4-5-15-14(9-13(20)10-22-15)17-3-2-8-26(17)18-7-6-16-19(25-18)24-11-23-16;1-2/h6-7,9-12,17H,2-5,8H2,1H3,(H,24,28);6-7,9-12,17H,2-5,8,21H2,1H3,(H,23,24,25);1H3/t2*12-,17?;/m11./s1/i;;1D. The van der Waals surface area contributed by atoms with Gasteiger partial charge >= 0.3 is 6.03 Å². The summed E-state index contributed by atoms with van der Waals surface area (Å²) in [7, 11) is 0. The average Bonchev–Trinajstić information content (AvgIpc) is 4.03. The highest BCUT2D eigenvalue weighted by atomic mass is 127. The number of carbonyl (C=O) groups is 1. The van der Waals surface area contributed by atoms with Gasteiger partial charge in [0.15, 0.2) is 11.3 Å². The molecule has 1 amide bonds. The highest BCUT2D eigenvalue weighted by Crippen LogP contribution is 2.39. The Balaban J connectivity index is 0.000000163. The molecule has 13 nitrogen and oxygen atoms in total. The number of anilines is 2. The van der Waals surface area contributed by atoms with Crippen molar-refractivity contribution in [3.05, 3.63) is 95.6 Å². The van der Waals surface area contributed by atoms with E-state index >= 15 is 0 Å². The summed E-state index contributed by atoms with van der Waals surface area (Å²) in [5.74, 6) is 1.02. The van der Waals surface area contributed by atoms with Crippen molar-refractivity contribution >= 4 is 62.6 Å². The number of hydrogen-bond acceptors (Lipinski definition) is 10. The molecule has 294 valence electrons. The lowest BCUT2D eigenvalue weighted by Gasteiger charge is -2.27. The molecule has 16 heteroatoms. The first kappa shape index (κ1) is 38.1. The van der Waals surface area contributed by atoms with Crippen LogP contribution in [0.3, 0.4) is 0 Å². The molecule has 0 saturated carbocycles. The number of aromatic amines is 1. The molecule has 0 aliphatic carbocycles. The Bertz CT molecular complexity index is 2320. The molecule has 2 saturated heterocycles. The minimum atomic E-state index is -0.322. The molecule has 0 spiro atoms. The summed E-state index contributed by atoms with van der Waals surface area (Å²) < 4.78 is 35.7. The molecular formula is C40H47F2IN12O. The number of hydrogen-bond donors (Lipinski definition) is 3. The molecule has 0 aromatic carbocycles. The fourth-order valence-electron chi connectivity index (χ4n) is 7.92. The van der Waals surface area contributed by atoms with Crippen molar-refractivity contribution < 1.29 is 14.9 Å². The summed E-state index contributed by atoms with van der Waals surface area (Å²) >= 11 is 1.96. The first-order valence-electron chi connectivity index (χ1n) is 19.7. The van der Waals surface area contributed by atoms with Gasteiger partial charge in [0.25, 0.3) is 0 Å². The Kier molecular flexibility index (Phi) is 11.9. The normalized spacial score (nSPS) is 20.1. The van der Waals surface area contributed by atoms with Crippen LogP contribution in [0.2, 0.25) is 0 Å². The minimum absolute atomic E-state index is 0.0271. The molecule has 9 heterocycles. The van der Waals surface area contributed by atoms with E-state index in [2.05, 4.69) is 45.0 Å². The van der Waals surface area contributed by atoms with E-state index in [-0.39, 0.29) is 41.8 Å². The van der Waals surface area contributed by atoms with Crippen LogP contribution in [0.15, 0.2) is 61.4 Å². The summed E-state index contributed by atoms with van der Waals surface area (Å²) in [5.41, 5.74) is 12.4. The van der Waals surface area contributed by atoms with Gasteiger partial charge in [0.1, 0.15) is 35.1 Å². The second-order valence-corrected chi connectivity index (χ2v) is 14.6. The molecule has 4 atom stereocenters. The van der Waals surface area contributed by atoms with Crippen LogP contribution < -0.4 is 20.9 Å². The number of aryl methyl sites for hydroxylation is 2. The van der Waals surface area contributed by atoms with Crippen molar-refractivity contribution in [3.63, 3.8) is 0 Å². The number of rotatable bonds is 5. The first-order chi connectivity index (χ1) is 27.6. The number of pyridine rings is 4. The van der Waals surface area contributed by atoms with Gasteiger partial charge in [0.2, 0.25) is 0 Å². The third kappa shape index (κ3) is 8.45. The lowest BCUT2D eigenvalue weighted by Crippen LogP contribution is -2.36. The molecule has 2 fully saturated rings. The summed E-state index contributed by atoms with van der Waals surface area (Å²) in [6.07, 6.45) is 12.6. The second kappa shape index (κ2) is 17.5. The van der Waals surface area contributed by atoms with Gasteiger partial charge in [-0.1, -0.05) is 22.6 Å². The van der Waals surface area contributed by atoms with E-state index in [1.54, 1.807) is 18.5 Å². The zero-order chi connectivity index (χ0) is 40.1. The highest BCUT2D eigenvalue weighted by molar-refractivity contribution is 14.1. The maximum Gasteiger partial charge on any atom is 0.328 e. The average molecular weight is 878 g/mol. The first-order valence-corrected chi connectivity index (χ1v) is 20.5. The predicted molar refractivity (Wildman–Crippen MR) is 222 cm³/mol. The lowest BCUT2D eigenvalue weighted by molar-refractivity contribution is 0.239. The number of alkyl halides is 1. The third-order valence-corrected chi connectivity index (χ3v) is 10.6. The summed E-state index contributed by atoms with van der Waals surface area (Å²) in [6.45, 7) is 5.65. The topological polar surface area (TPSA) is 160 Å². The van der Waals surface area contributed by atoms with E-state index < -0.39 is 0 Å². The summed E-state index contributed by atoms with van der Waals surface area (Å²) in [4.78, 5) is 47.4. The number of fused-ring (bicyclic) bond motifs is 6. The van der Waals surface area contributed by atoms with Crippen molar-refractivity contribution in [1.29, 1.82) is 0 Å². The molecule has 6 aromatic rings. The molecule has 3 aliphatic heterocycles. The Hall–Kier alpha value is -4.84. The molecule has 9 rings (SSSR count). The van der Waals surface area contributed by atoms with Crippen molar-refractivity contribution in [2.24, 2.45) is 5.73 Å². The van der Waals surface area contributed by atoms with Gasteiger partial charge in [-0.15, -0.1) is 0 Å². The monoisotopic (exact) mass is 877 g/mol. The zero-order valence-electron chi connectivity index (χ0n) is 32.5. The number of imidazole rings is 2. The lowest BCUT2D eigenvalue weighted by atomic mass is 9.98. The zero-order valence-corrected chi connectivity index (χ0v) is 33.7. The van der Waals surface area contributed by atoms with Gasteiger partial charge in [-0.25, -0.2) is 38.1 Å². The fourth-order valence-corrected chi connectivity index (χ4v) is 7.92. The van der Waals surface area contributed by atoms with Crippen LogP contribution in [-0.2, 0) is 12.8 Å². The van der Waals surface area contributed by atoms with Crippen molar-refractivity contribution in [2.75, 3.05) is 27.8 Å². The number of carbonyl (C=O) groups excluding carboxylic acids is 1. The third-order valence-electron chi connectivity index (χ3n) is 10.6. The molecule has 6 aromatic heterocycles. The highest BCUT2D eigenvalue weighted by Gasteiger charge is 2.32. The molecule has 4 N–H and O–H groups in total. The van der Waals surface area contributed by atoms with Gasteiger partial charge < -0.3 is 25.8 Å². The minimum Gasteiger partial charge on any atom is -0.349 e. The van der Waals surface area contributed by atoms with Crippen LogP contribution in [0.1, 0.15) is 88.3 Å². The van der Waals surface area contributed by atoms with Crippen molar-refractivity contribution in [1.82, 2.24) is 44.8 Å². The van der Waals surface area contributed by atoms with Crippen LogP contribution in [0.25, 0.3) is 22.3 Å². The fraction of sp³-hybridized carbons (Fsp3) is 0.425. The smallest absolute Gasteiger partial charge is 0.328 e. The molecule has 0 radical (unpaired) electrons. The van der Waals surface area contributed by atoms with E-state index in [1.165, 1.54) is 23.3 Å². The quantitative estimate of drug-likeness (QED) is 0.118. The van der Waals surface area contributed by atoms with Gasteiger partial charge in [-0.3, -0.25) is 9.97 Å². The van der Waals surface area contributed by atoms with Crippen LogP contribution >= 0.6 is 22.6 Å². The molecular weight excluding hydrogens is 829 g/mol. The number of halogens is 3. The molecule has 56 heavy (non-hydrogen) atoms. The van der Waals surface area contributed by atoms with Gasteiger partial charge in [0, 0.05) is 37.9 Å². The number of H-pyrrole nitrogens is 1. The van der Waals surface area contributed by atoms with Crippen molar-refractivity contribution in [3.8, 4) is 0 Å². The van der Waals surface area contributed by atoms with E-state index in [4.69, 9.17) is 12.1 Å². The molecule has 2 bridgehead atoms. The second-order valence-electron chi connectivity index (χ2n) is 14.6. The number of aromatic nitrogens is 8. The molecule has 2 unspecified atom stereocenters. The van der Waals surface area contributed by atoms with Gasteiger partial charge in [-0.05, 0) is 118 Å². The number of nitrogens with one attached hydrogen (secondary N) is 2. The van der Waals surface area contributed by atoms with Gasteiger partial charge in [0.05, 0.1) is 36.3 Å². The van der Waals surface area contributed by atoms with Crippen LogP contribution in [0.4, 0.5) is 25.2 Å². The largest absolute Gasteiger partial charge is 0.349 e.